The molecule has 0 heterocycles. The van der Waals surface area contributed by atoms with Crippen molar-refractivity contribution in [3.8, 4) is 11.5 Å². The molecule has 0 unspecified atom stereocenters. The Morgan fingerprint density at radius 1 is 0.914 bits per heavy atom. The first-order valence-electron chi connectivity index (χ1n) is 11.3. The Bertz CT molecular complexity index is 1210. The molecule has 3 rings (SSSR count). The van der Waals surface area contributed by atoms with E-state index >= 15 is 0 Å². The molecule has 0 fully saturated rings. The standard InChI is InChI=1S/C26H29N3O5S/c1-3-18-34-24-14-10-21(11-15-24)19-27-28-26(30)20-29(22-12-16-23(17-13-22)33-4-2)35(31,32)25-8-6-5-7-9-25/h5-17,19H,3-4,18,20H2,1-2H3,(H,28,30)/b27-19-. The SMILES string of the molecule is CCCOc1ccc(/C=N\NC(=O)CN(c2ccc(OCC)cc2)S(=O)(=O)c2ccccc2)cc1. The van der Waals surface area contributed by atoms with Gasteiger partial charge in [0, 0.05) is 0 Å². The molecular formula is C26H29N3O5S. The number of amides is 1. The summed E-state index contributed by atoms with van der Waals surface area (Å²) in [5.74, 6) is 0.774. The highest BCUT2D eigenvalue weighted by atomic mass is 32.2. The normalized spacial score (nSPS) is 11.3. The highest BCUT2D eigenvalue weighted by Gasteiger charge is 2.27. The number of anilines is 1. The van der Waals surface area contributed by atoms with Crippen LogP contribution in [0.15, 0.2) is 88.9 Å². The molecule has 0 atom stereocenters. The molecule has 0 aromatic heterocycles. The van der Waals surface area contributed by atoms with Crippen LogP contribution < -0.4 is 19.2 Å². The molecule has 35 heavy (non-hydrogen) atoms. The molecule has 0 radical (unpaired) electrons. The summed E-state index contributed by atoms with van der Waals surface area (Å²) in [5, 5.41) is 3.97. The van der Waals surface area contributed by atoms with Gasteiger partial charge in [-0.3, -0.25) is 9.10 Å². The van der Waals surface area contributed by atoms with Crippen molar-refractivity contribution < 1.29 is 22.7 Å². The van der Waals surface area contributed by atoms with Crippen LogP contribution in [0.2, 0.25) is 0 Å². The first-order valence-corrected chi connectivity index (χ1v) is 12.7. The number of nitrogens with zero attached hydrogens (tertiary/aromatic N) is 2. The molecule has 0 spiro atoms. The molecule has 9 heteroatoms. The molecule has 3 aromatic rings. The average molecular weight is 496 g/mol. The predicted octanol–water partition coefficient (Wildman–Crippen LogP) is 4.22. The van der Waals surface area contributed by atoms with E-state index in [4.69, 9.17) is 9.47 Å². The Balaban J connectivity index is 1.74. The number of hydrazone groups is 1. The van der Waals surface area contributed by atoms with Gasteiger partial charge in [-0.15, -0.1) is 0 Å². The second kappa shape index (κ2) is 12.6. The molecule has 0 aliphatic rings. The minimum Gasteiger partial charge on any atom is -0.494 e. The van der Waals surface area contributed by atoms with Crippen molar-refractivity contribution in [1.29, 1.82) is 0 Å². The number of carbonyl (C=O) groups excluding carboxylic acids is 1. The summed E-state index contributed by atoms with van der Waals surface area (Å²) in [4.78, 5) is 12.7. The summed E-state index contributed by atoms with van der Waals surface area (Å²) in [5.41, 5.74) is 3.50. The molecule has 3 aromatic carbocycles. The number of nitrogens with one attached hydrogen (secondary N) is 1. The van der Waals surface area contributed by atoms with Gasteiger partial charge in [-0.05, 0) is 79.6 Å². The van der Waals surface area contributed by atoms with Crippen LogP contribution in [0, 0.1) is 0 Å². The highest BCUT2D eigenvalue weighted by molar-refractivity contribution is 7.92. The largest absolute Gasteiger partial charge is 0.494 e. The van der Waals surface area contributed by atoms with Crippen LogP contribution in [-0.2, 0) is 14.8 Å². The quantitative estimate of drug-likeness (QED) is 0.300. The summed E-state index contributed by atoms with van der Waals surface area (Å²) in [7, 11) is -4.00. The predicted molar refractivity (Wildman–Crippen MR) is 137 cm³/mol. The first-order chi connectivity index (χ1) is 16.9. The van der Waals surface area contributed by atoms with Gasteiger partial charge in [0.05, 0.1) is 30.0 Å². The Morgan fingerprint density at radius 3 is 2.17 bits per heavy atom. The molecule has 0 aliphatic heterocycles. The molecule has 1 amide bonds. The Labute approximate surface area is 206 Å². The topological polar surface area (TPSA) is 97.3 Å². The van der Waals surface area contributed by atoms with Crippen molar-refractivity contribution in [1.82, 2.24) is 5.43 Å². The summed E-state index contributed by atoms with van der Waals surface area (Å²) in [6.07, 6.45) is 2.40. The lowest BCUT2D eigenvalue weighted by Gasteiger charge is -2.24. The van der Waals surface area contributed by atoms with Gasteiger partial charge in [-0.2, -0.15) is 5.10 Å². The van der Waals surface area contributed by atoms with Crippen LogP contribution in [0.4, 0.5) is 5.69 Å². The monoisotopic (exact) mass is 495 g/mol. The Kier molecular flexibility index (Phi) is 9.25. The van der Waals surface area contributed by atoms with E-state index in [-0.39, 0.29) is 4.90 Å². The third-order valence-corrected chi connectivity index (χ3v) is 6.60. The molecule has 0 saturated heterocycles. The fraction of sp³-hybridized carbons (Fsp3) is 0.231. The van der Waals surface area contributed by atoms with Crippen molar-refractivity contribution in [2.24, 2.45) is 5.10 Å². The number of sulfonamides is 1. The molecule has 0 saturated carbocycles. The lowest BCUT2D eigenvalue weighted by Crippen LogP contribution is -2.39. The van der Waals surface area contributed by atoms with Gasteiger partial charge in [-0.25, -0.2) is 13.8 Å². The van der Waals surface area contributed by atoms with Crippen molar-refractivity contribution >= 4 is 27.8 Å². The van der Waals surface area contributed by atoms with E-state index in [1.54, 1.807) is 42.5 Å². The second-order valence-electron chi connectivity index (χ2n) is 7.46. The van der Waals surface area contributed by atoms with Crippen molar-refractivity contribution in [2.45, 2.75) is 25.2 Å². The number of rotatable bonds is 12. The van der Waals surface area contributed by atoms with Crippen LogP contribution in [0.1, 0.15) is 25.8 Å². The van der Waals surface area contributed by atoms with Crippen molar-refractivity contribution in [3.63, 3.8) is 0 Å². The minimum absolute atomic E-state index is 0.0792. The van der Waals surface area contributed by atoms with Gasteiger partial charge in [0.25, 0.3) is 15.9 Å². The van der Waals surface area contributed by atoms with Crippen LogP contribution in [0.5, 0.6) is 11.5 Å². The summed E-state index contributed by atoms with van der Waals surface area (Å²) < 4.78 is 38.7. The zero-order chi connectivity index (χ0) is 25.1. The van der Waals surface area contributed by atoms with Gasteiger partial charge < -0.3 is 9.47 Å². The van der Waals surface area contributed by atoms with Crippen LogP contribution in [0.3, 0.4) is 0 Å². The summed E-state index contributed by atoms with van der Waals surface area (Å²) >= 11 is 0. The van der Waals surface area contributed by atoms with E-state index in [0.717, 1.165) is 22.0 Å². The number of hydrogen-bond acceptors (Lipinski definition) is 6. The molecular weight excluding hydrogens is 466 g/mol. The second-order valence-corrected chi connectivity index (χ2v) is 9.32. The highest BCUT2D eigenvalue weighted by Crippen LogP contribution is 2.25. The van der Waals surface area contributed by atoms with E-state index in [1.165, 1.54) is 18.3 Å². The van der Waals surface area contributed by atoms with Crippen LogP contribution in [-0.4, -0.2) is 40.3 Å². The Hall–Kier alpha value is -3.85. The maximum atomic E-state index is 13.3. The smallest absolute Gasteiger partial charge is 0.264 e. The summed E-state index contributed by atoms with van der Waals surface area (Å²) in [6.45, 7) is 4.57. The lowest BCUT2D eigenvalue weighted by atomic mass is 10.2. The van der Waals surface area contributed by atoms with Crippen LogP contribution in [0.25, 0.3) is 0 Å². The third-order valence-electron chi connectivity index (χ3n) is 4.81. The van der Waals surface area contributed by atoms with E-state index in [0.29, 0.717) is 24.7 Å². The number of ether oxygens (including phenoxy) is 2. The number of benzene rings is 3. The minimum atomic E-state index is -4.00. The van der Waals surface area contributed by atoms with E-state index in [9.17, 15) is 13.2 Å². The van der Waals surface area contributed by atoms with Crippen molar-refractivity contribution in [2.75, 3.05) is 24.1 Å². The Morgan fingerprint density at radius 2 is 1.54 bits per heavy atom. The fourth-order valence-corrected chi connectivity index (χ4v) is 4.57. The van der Waals surface area contributed by atoms with Gasteiger partial charge in [-0.1, -0.05) is 25.1 Å². The molecule has 0 aliphatic carbocycles. The molecule has 8 nitrogen and oxygen atoms in total. The maximum Gasteiger partial charge on any atom is 0.264 e. The molecule has 184 valence electrons. The van der Waals surface area contributed by atoms with Gasteiger partial charge in [0.1, 0.15) is 18.0 Å². The summed E-state index contributed by atoms with van der Waals surface area (Å²) in [6, 6.07) is 21.8. The van der Waals surface area contributed by atoms with Crippen LogP contribution >= 0.6 is 0 Å². The van der Waals surface area contributed by atoms with Gasteiger partial charge in [0.15, 0.2) is 0 Å². The van der Waals surface area contributed by atoms with E-state index in [1.807, 2.05) is 38.1 Å². The fourth-order valence-electron chi connectivity index (χ4n) is 3.12. The third kappa shape index (κ3) is 7.31. The van der Waals surface area contributed by atoms with Gasteiger partial charge >= 0.3 is 0 Å². The average Bonchev–Trinajstić information content (AvgIpc) is 2.88. The zero-order valence-corrected chi connectivity index (χ0v) is 20.6. The molecule has 1 N–H and O–H groups in total. The van der Waals surface area contributed by atoms with E-state index in [2.05, 4.69) is 10.5 Å². The number of carbonyl (C=O) groups is 1. The lowest BCUT2D eigenvalue weighted by molar-refractivity contribution is -0.119. The first kappa shape index (κ1) is 25.8. The van der Waals surface area contributed by atoms with Crippen molar-refractivity contribution in [3.05, 3.63) is 84.4 Å². The number of hydrogen-bond donors (Lipinski definition) is 1. The zero-order valence-electron chi connectivity index (χ0n) is 19.8. The maximum absolute atomic E-state index is 13.3. The van der Waals surface area contributed by atoms with E-state index < -0.39 is 22.5 Å². The van der Waals surface area contributed by atoms with Gasteiger partial charge in [0.2, 0.25) is 0 Å². The molecule has 0 bridgehead atoms.